The third-order valence-electron chi connectivity index (χ3n) is 10.9. The van der Waals surface area contributed by atoms with Crippen LogP contribution in [0.15, 0.2) is 53.3 Å². The van der Waals surface area contributed by atoms with Gasteiger partial charge in [-0.1, -0.05) is 130 Å². The lowest BCUT2D eigenvalue weighted by atomic mass is 9.62. The molecule has 1 fully saturated rings. The lowest BCUT2D eigenvalue weighted by Crippen LogP contribution is -2.70. The predicted octanol–water partition coefficient (Wildman–Crippen LogP) is 9.15. The Balaban J connectivity index is 1.79. The number of nitrogens with zero attached hydrogens (tertiary/aromatic N) is 2. The van der Waals surface area contributed by atoms with Crippen molar-refractivity contribution in [3.63, 3.8) is 0 Å². The Labute approximate surface area is 314 Å². The van der Waals surface area contributed by atoms with Crippen LogP contribution in [0.25, 0.3) is 0 Å². The predicted molar refractivity (Wildman–Crippen MR) is 212 cm³/mol. The molecule has 1 saturated carbocycles. The zero-order chi connectivity index (χ0) is 38.0. The van der Waals surface area contributed by atoms with Crippen molar-refractivity contribution in [1.82, 2.24) is 4.90 Å². The molecule has 0 spiro atoms. The van der Waals surface area contributed by atoms with Gasteiger partial charge >= 0.3 is 0 Å². The lowest BCUT2D eigenvalue weighted by Gasteiger charge is -2.49. The number of anilines is 1. The van der Waals surface area contributed by atoms with E-state index >= 15 is 0 Å². The van der Waals surface area contributed by atoms with Crippen LogP contribution in [-0.2, 0) is 15.2 Å². The molecule has 0 radical (unpaired) electrons. The van der Waals surface area contributed by atoms with Gasteiger partial charge in [-0.15, -0.1) is 0 Å². The number of ketones is 2. The average Bonchev–Trinajstić information content (AvgIpc) is 3.13. The molecule has 0 aliphatic heterocycles. The van der Waals surface area contributed by atoms with Crippen LogP contribution in [0.1, 0.15) is 162 Å². The summed E-state index contributed by atoms with van der Waals surface area (Å²) in [6, 6.07) is 4.63. The Kier molecular flexibility index (Phi) is 18.7. The second kappa shape index (κ2) is 22.3. The van der Waals surface area contributed by atoms with Gasteiger partial charge in [0.2, 0.25) is 17.2 Å². The Morgan fingerprint density at radius 3 is 1.42 bits per heavy atom. The first-order valence-electron chi connectivity index (χ1n) is 20.8. The molecule has 292 valence electrons. The number of hydrogen-bond acceptors (Lipinski definition) is 8. The number of aliphatic hydroxyl groups is 3. The summed E-state index contributed by atoms with van der Waals surface area (Å²) in [5.74, 6) is -4.98. The van der Waals surface area contributed by atoms with Crippen LogP contribution in [0, 0.1) is 0 Å². The number of Topliss-reactive ketones (excluding diaryl/α,β-unsaturated/α-hetero) is 1. The van der Waals surface area contributed by atoms with E-state index in [1.807, 2.05) is 0 Å². The highest BCUT2D eigenvalue weighted by Crippen LogP contribution is 2.53. The van der Waals surface area contributed by atoms with Crippen molar-refractivity contribution >= 4 is 17.3 Å². The van der Waals surface area contributed by atoms with Crippen molar-refractivity contribution in [3.05, 3.63) is 58.8 Å². The summed E-state index contributed by atoms with van der Waals surface area (Å²) < 4.78 is 0. The molecule has 52 heavy (non-hydrogen) atoms. The second-order valence-corrected chi connectivity index (χ2v) is 15.1. The van der Waals surface area contributed by atoms with Crippen LogP contribution in [0.4, 0.5) is 5.69 Å². The minimum Gasteiger partial charge on any atom is -0.507 e. The molecule has 4 N–H and O–H groups in total. The Hall–Kier alpha value is -2.94. The largest absolute Gasteiger partial charge is 0.507 e. The van der Waals surface area contributed by atoms with Crippen molar-refractivity contribution in [2.45, 2.75) is 167 Å². The highest BCUT2D eigenvalue weighted by Gasteiger charge is 2.71. The lowest BCUT2D eigenvalue weighted by molar-refractivity contribution is -0.274. The smallest absolute Gasteiger partial charge is 0.236 e. The first kappa shape index (κ1) is 43.5. The Bertz CT molecular complexity index is 1340. The standard InChI is InChI=1S/C44H70N2O6/c1-5-9-13-17-21-29-45(30-22-18-14-10-6-2)35-25-27-37(39(47)33-35)41-42(49)43(50,44(41,51)52)38-28-26-36(34-40(38)48)46(31-23-19-15-11-7-3)32-24-20-16-12-8-4/h25-28,33-34,48,50-52H,5-24,29-32H2,1-4H3. The topological polar surface area (TPSA) is 122 Å². The SMILES string of the molecule is CCCCCCCN(CCCCCCC)C1=CC(=O)C(=C2C(=O)C(O)(c3ccc(N(CCCCCCC)CCCCCCC)cc3O)C2(O)O)C=C1. The minimum absolute atomic E-state index is 0.150. The molecule has 8 heteroatoms. The number of phenolic OH excluding ortho intramolecular Hbond substituents is 1. The summed E-state index contributed by atoms with van der Waals surface area (Å²) in [5, 5.41) is 45.3. The van der Waals surface area contributed by atoms with Crippen LogP contribution in [0.5, 0.6) is 5.75 Å². The molecule has 2 aliphatic rings. The number of hydrogen-bond donors (Lipinski definition) is 4. The maximum Gasteiger partial charge on any atom is 0.236 e. The molecule has 1 aromatic rings. The van der Waals surface area contributed by atoms with E-state index in [1.54, 1.807) is 12.1 Å². The fourth-order valence-corrected chi connectivity index (χ4v) is 7.54. The molecule has 3 rings (SSSR count). The average molecular weight is 723 g/mol. The fraction of sp³-hybridized carbons (Fsp3) is 0.682. The van der Waals surface area contributed by atoms with Gasteiger partial charge in [0.15, 0.2) is 5.78 Å². The van der Waals surface area contributed by atoms with Gasteiger partial charge in [0.05, 0.1) is 5.57 Å². The summed E-state index contributed by atoms with van der Waals surface area (Å²) in [6.45, 7) is 12.1. The van der Waals surface area contributed by atoms with E-state index in [0.29, 0.717) is 0 Å². The van der Waals surface area contributed by atoms with E-state index in [-0.39, 0.29) is 11.1 Å². The number of allylic oxidation sites excluding steroid dienone is 4. The molecule has 0 aromatic heterocycles. The zero-order valence-corrected chi connectivity index (χ0v) is 32.9. The maximum atomic E-state index is 13.7. The molecule has 0 bridgehead atoms. The van der Waals surface area contributed by atoms with E-state index in [9.17, 15) is 30.0 Å². The molecule has 0 amide bonds. The summed E-state index contributed by atoms with van der Waals surface area (Å²) in [7, 11) is 0. The van der Waals surface area contributed by atoms with E-state index in [4.69, 9.17) is 0 Å². The third-order valence-corrected chi connectivity index (χ3v) is 10.9. The van der Waals surface area contributed by atoms with Gasteiger partial charge in [-0.05, 0) is 50.0 Å². The minimum atomic E-state index is -3.07. The van der Waals surface area contributed by atoms with Crippen molar-refractivity contribution in [1.29, 1.82) is 0 Å². The normalized spacial score (nSPS) is 19.6. The molecule has 8 nitrogen and oxygen atoms in total. The van der Waals surface area contributed by atoms with Crippen LogP contribution in [0.3, 0.4) is 0 Å². The number of carbonyl (C=O) groups excluding carboxylic acids is 2. The second-order valence-electron chi connectivity index (χ2n) is 15.1. The van der Waals surface area contributed by atoms with Crippen molar-refractivity contribution < 1.29 is 30.0 Å². The molecule has 1 atom stereocenters. The van der Waals surface area contributed by atoms with Gasteiger partial charge in [0, 0.05) is 60.8 Å². The summed E-state index contributed by atoms with van der Waals surface area (Å²) in [6.07, 6.45) is 27.5. The number of phenols is 1. The number of rotatable bonds is 27. The van der Waals surface area contributed by atoms with Crippen LogP contribution < -0.4 is 4.90 Å². The van der Waals surface area contributed by atoms with Gasteiger partial charge in [0.1, 0.15) is 5.75 Å². The van der Waals surface area contributed by atoms with Crippen molar-refractivity contribution in [2.75, 3.05) is 31.1 Å². The highest BCUT2D eigenvalue weighted by molar-refractivity contribution is 6.21. The maximum absolute atomic E-state index is 13.7. The van der Waals surface area contributed by atoms with Crippen molar-refractivity contribution in [3.8, 4) is 5.75 Å². The Morgan fingerprint density at radius 2 is 1.02 bits per heavy atom. The van der Waals surface area contributed by atoms with Gasteiger partial charge in [-0.3, -0.25) is 9.59 Å². The quantitative estimate of drug-likeness (QED) is 0.0403. The van der Waals surface area contributed by atoms with Crippen LogP contribution in [0.2, 0.25) is 0 Å². The van der Waals surface area contributed by atoms with Crippen LogP contribution >= 0.6 is 0 Å². The Morgan fingerprint density at radius 1 is 0.577 bits per heavy atom. The van der Waals surface area contributed by atoms with E-state index in [0.717, 1.165) is 88.9 Å². The van der Waals surface area contributed by atoms with Gasteiger partial charge < -0.3 is 30.2 Å². The monoisotopic (exact) mass is 723 g/mol. The molecule has 1 unspecified atom stereocenters. The summed E-state index contributed by atoms with van der Waals surface area (Å²) in [4.78, 5) is 31.6. The van der Waals surface area contributed by atoms with Gasteiger partial charge in [0.25, 0.3) is 0 Å². The number of aromatic hydroxyl groups is 1. The summed E-state index contributed by atoms with van der Waals surface area (Å²) in [5.41, 5.74) is -2.31. The molecule has 0 heterocycles. The number of unbranched alkanes of at least 4 members (excludes halogenated alkanes) is 16. The zero-order valence-electron chi connectivity index (χ0n) is 32.9. The first-order chi connectivity index (χ1) is 25.1. The van der Waals surface area contributed by atoms with Crippen LogP contribution in [-0.4, -0.2) is 68.9 Å². The molecular weight excluding hydrogens is 652 g/mol. The van der Waals surface area contributed by atoms with Gasteiger partial charge in [-0.25, -0.2) is 0 Å². The molecular formula is C44H70N2O6. The fourth-order valence-electron chi connectivity index (χ4n) is 7.54. The van der Waals surface area contributed by atoms with E-state index in [1.165, 1.54) is 101 Å². The highest BCUT2D eigenvalue weighted by atomic mass is 16.5. The summed E-state index contributed by atoms with van der Waals surface area (Å²) >= 11 is 0. The van der Waals surface area contributed by atoms with Gasteiger partial charge in [-0.2, -0.15) is 0 Å². The number of benzene rings is 1. The molecule has 2 aliphatic carbocycles. The number of carbonyl (C=O) groups is 2. The third kappa shape index (κ3) is 11.3. The molecule has 1 aromatic carbocycles. The van der Waals surface area contributed by atoms with E-state index < -0.39 is 34.3 Å². The van der Waals surface area contributed by atoms with Crippen molar-refractivity contribution in [2.24, 2.45) is 0 Å². The molecule has 0 saturated heterocycles. The first-order valence-corrected chi connectivity index (χ1v) is 20.8. The van der Waals surface area contributed by atoms with E-state index in [2.05, 4.69) is 37.5 Å².